The van der Waals surface area contributed by atoms with Crippen LogP contribution in [0.5, 0.6) is 5.75 Å². The quantitative estimate of drug-likeness (QED) is 0.581. The van der Waals surface area contributed by atoms with Gasteiger partial charge in [-0.1, -0.05) is 42.5 Å². The Morgan fingerprint density at radius 2 is 2.00 bits per heavy atom. The maximum Gasteiger partial charge on any atom is 0.246 e. The lowest BCUT2D eigenvalue weighted by Gasteiger charge is -2.32. The molecular weight excluding hydrogens is 380 g/mol. The Morgan fingerprint density at radius 1 is 1.17 bits per heavy atom. The molecule has 0 aliphatic carbocycles. The number of carbonyl (C=O) groups is 1. The number of rotatable bonds is 6. The Morgan fingerprint density at radius 3 is 2.72 bits per heavy atom. The first-order chi connectivity index (χ1) is 14.2. The van der Waals surface area contributed by atoms with Crippen LogP contribution < -0.4 is 10.1 Å². The van der Waals surface area contributed by atoms with Crippen LogP contribution in [-0.2, 0) is 4.79 Å². The summed E-state index contributed by atoms with van der Waals surface area (Å²) in [4.78, 5) is 17.3. The molecule has 4 nitrogen and oxygen atoms in total. The fraction of sp³-hybridized carbons (Fsp3) is 0.292. The molecule has 1 aliphatic heterocycles. The summed E-state index contributed by atoms with van der Waals surface area (Å²) in [6.45, 7) is 2.91. The van der Waals surface area contributed by atoms with Crippen molar-refractivity contribution in [2.45, 2.75) is 31.8 Å². The normalized spacial score (nSPS) is 17.8. The van der Waals surface area contributed by atoms with Crippen LogP contribution in [-0.4, -0.2) is 24.5 Å². The minimum atomic E-state index is -0.351. The Bertz CT molecular complexity index is 956. The summed E-state index contributed by atoms with van der Waals surface area (Å²) in [6, 6.07) is 20.1. The Kier molecular flexibility index (Phi) is 5.97. The third kappa shape index (κ3) is 4.21. The van der Waals surface area contributed by atoms with E-state index in [0.717, 1.165) is 30.5 Å². The number of amides is 1. The zero-order valence-electron chi connectivity index (χ0n) is 16.8. The van der Waals surface area contributed by atoms with E-state index in [0.29, 0.717) is 11.4 Å². The van der Waals surface area contributed by atoms with Gasteiger partial charge in [0.05, 0.1) is 12.8 Å². The molecule has 29 heavy (non-hydrogen) atoms. The van der Waals surface area contributed by atoms with Gasteiger partial charge < -0.3 is 10.1 Å². The number of aryl methyl sites for hydroxylation is 1. The first kappa shape index (κ1) is 19.7. The molecule has 3 aromatic rings. The van der Waals surface area contributed by atoms with Gasteiger partial charge in [0.2, 0.25) is 5.91 Å². The molecule has 2 heterocycles. The van der Waals surface area contributed by atoms with Gasteiger partial charge in [0.15, 0.2) is 0 Å². The van der Waals surface area contributed by atoms with E-state index in [1.165, 1.54) is 4.88 Å². The first-order valence-electron chi connectivity index (χ1n) is 9.97. The third-order valence-electron chi connectivity index (χ3n) is 5.47. The number of nitrogens with zero attached hydrogens (tertiary/aromatic N) is 1. The molecule has 4 rings (SSSR count). The molecule has 0 bridgehead atoms. The molecule has 0 radical (unpaired) electrons. The van der Waals surface area contributed by atoms with Crippen molar-refractivity contribution in [2.24, 2.45) is 0 Å². The summed E-state index contributed by atoms with van der Waals surface area (Å²) in [5, 5.41) is 5.25. The number of carbonyl (C=O) groups excluding carboxylic acids is 1. The monoisotopic (exact) mass is 406 g/mol. The fourth-order valence-electron chi connectivity index (χ4n) is 4.13. The van der Waals surface area contributed by atoms with Crippen LogP contribution in [0.4, 0.5) is 5.69 Å². The van der Waals surface area contributed by atoms with Crippen LogP contribution in [0.25, 0.3) is 0 Å². The molecule has 150 valence electrons. The largest absolute Gasteiger partial charge is 0.495 e. The number of nitrogens with one attached hydrogen (secondary N) is 1. The number of ether oxygens (including phenoxy) is 1. The Balaban J connectivity index is 1.68. The molecular formula is C24H26N2O2S. The summed E-state index contributed by atoms with van der Waals surface area (Å²) in [6.07, 6.45) is 2.16. The summed E-state index contributed by atoms with van der Waals surface area (Å²) in [7, 11) is 1.63. The molecule has 5 heteroatoms. The molecule has 1 fully saturated rings. The van der Waals surface area contributed by atoms with Gasteiger partial charge in [-0.2, -0.15) is 0 Å². The van der Waals surface area contributed by atoms with Gasteiger partial charge in [0.1, 0.15) is 11.8 Å². The predicted octanol–water partition coefficient (Wildman–Crippen LogP) is 5.58. The molecule has 1 aromatic heterocycles. The molecule has 2 aromatic carbocycles. The number of methoxy groups -OCH3 is 1. The lowest BCUT2D eigenvalue weighted by Crippen LogP contribution is -2.37. The van der Waals surface area contributed by atoms with Crippen LogP contribution in [0.3, 0.4) is 0 Å². The number of benzene rings is 2. The molecule has 1 aliphatic rings. The van der Waals surface area contributed by atoms with Crippen molar-refractivity contribution in [2.75, 3.05) is 19.0 Å². The smallest absolute Gasteiger partial charge is 0.246 e. The number of likely N-dealkylation sites (tertiary alicyclic amines) is 1. The van der Waals surface area contributed by atoms with E-state index < -0.39 is 0 Å². The zero-order chi connectivity index (χ0) is 20.2. The number of anilines is 1. The molecule has 0 saturated carbocycles. The van der Waals surface area contributed by atoms with Gasteiger partial charge in [-0.3, -0.25) is 9.69 Å². The average molecular weight is 407 g/mol. The van der Waals surface area contributed by atoms with Crippen LogP contribution in [0, 0.1) is 6.92 Å². The average Bonchev–Trinajstić information content (AvgIpc) is 3.41. The summed E-state index contributed by atoms with van der Waals surface area (Å²) < 4.78 is 5.47. The van der Waals surface area contributed by atoms with Gasteiger partial charge in [0, 0.05) is 10.9 Å². The minimum absolute atomic E-state index is 0.0245. The van der Waals surface area contributed by atoms with E-state index in [-0.39, 0.29) is 18.0 Å². The van der Waals surface area contributed by atoms with Crippen molar-refractivity contribution >= 4 is 22.9 Å². The lowest BCUT2D eigenvalue weighted by molar-refractivity contribution is -0.122. The van der Waals surface area contributed by atoms with E-state index in [4.69, 9.17) is 4.74 Å². The fourth-order valence-corrected chi connectivity index (χ4v) is 5.02. The minimum Gasteiger partial charge on any atom is -0.495 e. The second-order valence-electron chi connectivity index (χ2n) is 7.42. The second-order valence-corrected chi connectivity index (χ2v) is 8.40. The highest BCUT2D eigenvalue weighted by Gasteiger charge is 2.37. The van der Waals surface area contributed by atoms with Crippen LogP contribution in [0.2, 0.25) is 0 Å². The summed E-state index contributed by atoms with van der Waals surface area (Å²) in [5.41, 5.74) is 2.81. The summed E-state index contributed by atoms with van der Waals surface area (Å²) >= 11 is 1.77. The molecule has 2 atom stereocenters. The maximum atomic E-state index is 13.6. The van der Waals surface area contributed by atoms with E-state index in [2.05, 4.69) is 27.7 Å². The molecule has 0 spiro atoms. The molecule has 1 N–H and O–H groups in total. The highest BCUT2D eigenvalue weighted by atomic mass is 32.1. The van der Waals surface area contributed by atoms with Crippen molar-refractivity contribution in [3.05, 3.63) is 82.0 Å². The molecule has 1 amide bonds. The highest BCUT2D eigenvalue weighted by molar-refractivity contribution is 7.10. The third-order valence-corrected chi connectivity index (χ3v) is 6.45. The number of thiophene rings is 1. The van der Waals surface area contributed by atoms with Gasteiger partial charge >= 0.3 is 0 Å². The second kappa shape index (κ2) is 8.80. The van der Waals surface area contributed by atoms with Gasteiger partial charge in [-0.05, 0) is 61.0 Å². The SMILES string of the molecule is COc1ccc(C)cc1NC(=O)[C@H](c1ccccc1)N1CCC[C@@H]1c1cccs1. The van der Waals surface area contributed by atoms with Crippen molar-refractivity contribution in [1.29, 1.82) is 0 Å². The van der Waals surface area contributed by atoms with Crippen molar-refractivity contribution in [1.82, 2.24) is 4.90 Å². The van der Waals surface area contributed by atoms with E-state index in [1.807, 2.05) is 55.5 Å². The van der Waals surface area contributed by atoms with Gasteiger partial charge in [-0.25, -0.2) is 0 Å². The predicted molar refractivity (Wildman–Crippen MR) is 119 cm³/mol. The standard InChI is InChI=1S/C24H26N2O2S/c1-17-12-13-21(28-2)19(16-17)25-24(27)23(18-8-4-3-5-9-18)26-14-6-10-20(26)22-11-7-15-29-22/h3-5,7-9,11-13,15-16,20,23H,6,10,14H2,1-2H3,(H,25,27)/t20-,23+/m1/s1. The van der Waals surface area contributed by atoms with Crippen LogP contribution in [0.15, 0.2) is 66.0 Å². The van der Waals surface area contributed by atoms with Gasteiger partial charge in [-0.15, -0.1) is 11.3 Å². The Labute approximate surface area is 176 Å². The van der Waals surface area contributed by atoms with Crippen molar-refractivity contribution in [3.63, 3.8) is 0 Å². The van der Waals surface area contributed by atoms with Gasteiger partial charge in [0.25, 0.3) is 0 Å². The lowest BCUT2D eigenvalue weighted by atomic mass is 10.0. The molecule has 0 unspecified atom stereocenters. The zero-order valence-corrected chi connectivity index (χ0v) is 17.6. The topological polar surface area (TPSA) is 41.6 Å². The van der Waals surface area contributed by atoms with E-state index in [1.54, 1.807) is 18.4 Å². The maximum absolute atomic E-state index is 13.6. The molecule has 1 saturated heterocycles. The summed E-state index contributed by atoms with van der Waals surface area (Å²) in [5.74, 6) is 0.649. The first-order valence-corrected chi connectivity index (χ1v) is 10.8. The Hall–Kier alpha value is -2.63. The van der Waals surface area contributed by atoms with Crippen LogP contribution in [0.1, 0.15) is 40.9 Å². The number of hydrogen-bond donors (Lipinski definition) is 1. The van der Waals surface area contributed by atoms with Crippen molar-refractivity contribution < 1.29 is 9.53 Å². The highest BCUT2D eigenvalue weighted by Crippen LogP contribution is 2.41. The van der Waals surface area contributed by atoms with E-state index >= 15 is 0 Å². The van der Waals surface area contributed by atoms with Crippen LogP contribution >= 0.6 is 11.3 Å². The van der Waals surface area contributed by atoms with E-state index in [9.17, 15) is 4.79 Å². The van der Waals surface area contributed by atoms with Crippen molar-refractivity contribution in [3.8, 4) is 5.75 Å². The number of hydrogen-bond acceptors (Lipinski definition) is 4.